The van der Waals surface area contributed by atoms with Crippen molar-refractivity contribution in [1.82, 2.24) is 19.4 Å². The third kappa shape index (κ3) is 2.87. The molecule has 4 rings (SSSR count). The first kappa shape index (κ1) is 16.8. The normalized spacial score (nSPS) is 22.4. The van der Waals surface area contributed by atoms with E-state index in [0.29, 0.717) is 18.7 Å². The number of hydrogen-bond acceptors (Lipinski definition) is 4. The number of nitrogens with one attached hydrogen (secondary N) is 1. The zero-order valence-electron chi connectivity index (χ0n) is 15.1. The van der Waals surface area contributed by atoms with Crippen LogP contribution in [0.5, 0.6) is 0 Å². The Morgan fingerprint density at radius 1 is 1.23 bits per heavy atom. The monoisotopic (exact) mass is 353 g/mol. The number of piperidine rings is 1. The van der Waals surface area contributed by atoms with Crippen LogP contribution in [0.15, 0.2) is 24.5 Å². The van der Waals surface area contributed by atoms with Gasteiger partial charge in [0, 0.05) is 38.6 Å². The summed E-state index contributed by atoms with van der Waals surface area (Å²) in [6.45, 7) is 0. The lowest BCUT2D eigenvalue weighted by Gasteiger charge is -2.37. The Kier molecular flexibility index (Phi) is 4.22. The molecule has 1 aliphatic heterocycles. The number of amides is 2. The van der Waals surface area contributed by atoms with E-state index in [2.05, 4.69) is 21.4 Å². The van der Waals surface area contributed by atoms with Crippen LogP contribution in [0.3, 0.4) is 0 Å². The lowest BCUT2D eigenvalue weighted by molar-refractivity contribution is -0.140. The van der Waals surface area contributed by atoms with Crippen LogP contribution in [-0.2, 0) is 29.5 Å². The topological polar surface area (TPSA) is 80.1 Å². The number of pyridine rings is 1. The number of hydrogen-bond donors (Lipinski definition) is 1. The summed E-state index contributed by atoms with van der Waals surface area (Å²) in [4.78, 5) is 35.8. The molecule has 7 heteroatoms. The van der Waals surface area contributed by atoms with E-state index in [9.17, 15) is 9.59 Å². The lowest BCUT2D eigenvalue weighted by Crippen LogP contribution is -2.45. The van der Waals surface area contributed by atoms with Gasteiger partial charge in [0.15, 0.2) is 0 Å². The van der Waals surface area contributed by atoms with Crippen LogP contribution in [-0.4, -0.2) is 38.3 Å². The van der Waals surface area contributed by atoms with Gasteiger partial charge in [0.1, 0.15) is 17.7 Å². The number of rotatable bonds is 3. The molecule has 1 fully saturated rings. The van der Waals surface area contributed by atoms with E-state index in [1.807, 2.05) is 23.9 Å². The molecule has 1 saturated heterocycles. The minimum atomic E-state index is -0.370. The second-order valence-corrected chi connectivity index (χ2v) is 7.14. The number of nitrogens with zero attached hydrogens (tertiary/aromatic N) is 4. The summed E-state index contributed by atoms with van der Waals surface area (Å²) in [5, 5.41) is 2.96. The van der Waals surface area contributed by atoms with Crippen LogP contribution in [0.4, 0.5) is 5.82 Å². The SMILES string of the molecule is CN1C(=O)CC[C@H](C(=O)Nc2ccc3c(n2)CCC3)[C@H]1c1nccn1C. The van der Waals surface area contributed by atoms with Gasteiger partial charge in [-0.2, -0.15) is 0 Å². The van der Waals surface area contributed by atoms with E-state index in [1.165, 1.54) is 5.56 Å². The molecule has 0 unspecified atom stereocenters. The van der Waals surface area contributed by atoms with Crippen molar-refractivity contribution in [3.63, 3.8) is 0 Å². The van der Waals surface area contributed by atoms with E-state index >= 15 is 0 Å². The lowest BCUT2D eigenvalue weighted by atomic mass is 9.87. The minimum Gasteiger partial charge on any atom is -0.336 e. The Labute approximate surface area is 152 Å². The third-order valence-electron chi connectivity index (χ3n) is 5.50. The fourth-order valence-corrected chi connectivity index (χ4v) is 4.04. The van der Waals surface area contributed by atoms with Crippen molar-refractivity contribution >= 4 is 17.6 Å². The van der Waals surface area contributed by atoms with E-state index in [-0.39, 0.29) is 23.8 Å². The summed E-state index contributed by atoms with van der Waals surface area (Å²) >= 11 is 0. The van der Waals surface area contributed by atoms with E-state index < -0.39 is 0 Å². The molecule has 0 saturated carbocycles. The summed E-state index contributed by atoms with van der Waals surface area (Å²) in [6.07, 6.45) is 7.56. The van der Waals surface area contributed by atoms with Crippen LogP contribution >= 0.6 is 0 Å². The molecule has 2 aliphatic rings. The number of aryl methyl sites for hydroxylation is 3. The molecule has 2 atom stereocenters. The van der Waals surface area contributed by atoms with Crippen LogP contribution in [0.1, 0.15) is 42.4 Å². The predicted molar refractivity (Wildman–Crippen MR) is 96.3 cm³/mol. The molecule has 3 heterocycles. The molecular weight excluding hydrogens is 330 g/mol. The average molecular weight is 353 g/mol. The number of likely N-dealkylation sites (tertiary alicyclic amines) is 1. The van der Waals surface area contributed by atoms with Gasteiger partial charge in [0.2, 0.25) is 11.8 Å². The maximum Gasteiger partial charge on any atom is 0.231 e. The number of carbonyl (C=O) groups excluding carboxylic acids is 2. The Balaban J connectivity index is 1.59. The van der Waals surface area contributed by atoms with Crippen LogP contribution < -0.4 is 5.32 Å². The Bertz CT molecular complexity index is 859. The highest BCUT2D eigenvalue weighted by Crippen LogP contribution is 2.35. The first-order valence-corrected chi connectivity index (χ1v) is 9.07. The van der Waals surface area contributed by atoms with Gasteiger partial charge in [-0.25, -0.2) is 9.97 Å². The fourth-order valence-electron chi connectivity index (χ4n) is 4.04. The summed E-state index contributed by atoms with van der Waals surface area (Å²) in [5.41, 5.74) is 2.36. The van der Waals surface area contributed by atoms with Crippen LogP contribution in [0.2, 0.25) is 0 Å². The van der Waals surface area contributed by atoms with Crippen LogP contribution in [0, 0.1) is 5.92 Å². The smallest absolute Gasteiger partial charge is 0.231 e. The Morgan fingerprint density at radius 2 is 2.08 bits per heavy atom. The van der Waals surface area contributed by atoms with Gasteiger partial charge in [0.25, 0.3) is 0 Å². The molecule has 0 radical (unpaired) electrons. The zero-order valence-corrected chi connectivity index (χ0v) is 15.1. The molecule has 0 aromatic carbocycles. The number of imidazole rings is 1. The number of anilines is 1. The summed E-state index contributed by atoms with van der Waals surface area (Å²) in [7, 11) is 3.63. The van der Waals surface area contributed by atoms with Gasteiger partial charge in [-0.05, 0) is 37.3 Å². The number of aromatic nitrogens is 3. The van der Waals surface area contributed by atoms with Crippen molar-refractivity contribution in [2.75, 3.05) is 12.4 Å². The second-order valence-electron chi connectivity index (χ2n) is 7.14. The zero-order chi connectivity index (χ0) is 18.3. The predicted octanol–water partition coefficient (Wildman–Crippen LogP) is 1.85. The van der Waals surface area contributed by atoms with E-state index in [4.69, 9.17) is 0 Å². The molecule has 2 aromatic heterocycles. The van der Waals surface area contributed by atoms with Crippen molar-refractivity contribution < 1.29 is 9.59 Å². The maximum absolute atomic E-state index is 13.0. The molecule has 1 aliphatic carbocycles. The van der Waals surface area contributed by atoms with Crippen molar-refractivity contribution in [3.05, 3.63) is 41.6 Å². The molecule has 1 N–H and O–H groups in total. The Morgan fingerprint density at radius 3 is 2.85 bits per heavy atom. The van der Waals surface area contributed by atoms with Crippen molar-refractivity contribution in [2.45, 2.75) is 38.1 Å². The average Bonchev–Trinajstić information content (AvgIpc) is 3.25. The highest BCUT2D eigenvalue weighted by molar-refractivity contribution is 5.94. The first-order chi connectivity index (χ1) is 12.5. The van der Waals surface area contributed by atoms with Gasteiger partial charge in [0.05, 0.1) is 5.92 Å². The third-order valence-corrected chi connectivity index (χ3v) is 5.50. The largest absolute Gasteiger partial charge is 0.336 e. The second kappa shape index (κ2) is 6.55. The minimum absolute atomic E-state index is 0.0395. The molecular formula is C19H23N5O2. The highest BCUT2D eigenvalue weighted by atomic mass is 16.2. The quantitative estimate of drug-likeness (QED) is 0.913. The first-order valence-electron chi connectivity index (χ1n) is 9.07. The summed E-state index contributed by atoms with van der Waals surface area (Å²) < 4.78 is 1.87. The van der Waals surface area contributed by atoms with E-state index in [0.717, 1.165) is 30.8 Å². The van der Waals surface area contributed by atoms with E-state index in [1.54, 1.807) is 18.1 Å². The van der Waals surface area contributed by atoms with Gasteiger partial charge >= 0.3 is 0 Å². The fraction of sp³-hybridized carbons (Fsp3) is 0.474. The number of fused-ring (bicyclic) bond motifs is 1. The van der Waals surface area contributed by atoms with Gasteiger partial charge in [-0.1, -0.05) is 6.07 Å². The van der Waals surface area contributed by atoms with Crippen molar-refractivity contribution in [2.24, 2.45) is 13.0 Å². The molecule has 2 amide bonds. The molecule has 26 heavy (non-hydrogen) atoms. The van der Waals surface area contributed by atoms with Gasteiger partial charge < -0.3 is 14.8 Å². The molecule has 0 spiro atoms. The van der Waals surface area contributed by atoms with Crippen LogP contribution in [0.25, 0.3) is 0 Å². The highest BCUT2D eigenvalue weighted by Gasteiger charge is 2.41. The van der Waals surface area contributed by atoms with Gasteiger partial charge in [-0.15, -0.1) is 0 Å². The van der Waals surface area contributed by atoms with Gasteiger partial charge in [-0.3, -0.25) is 9.59 Å². The maximum atomic E-state index is 13.0. The van der Waals surface area contributed by atoms with Crippen molar-refractivity contribution in [1.29, 1.82) is 0 Å². The standard InChI is InChI=1S/C19H23N5O2/c1-23-11-10-20-18(23)17-13(7-9-16(25)24(17)2)19(26)22-15-8-6-12-4-3-5-14(12)21-15/h6,8,10-11,13,17H,3-5,7,9H2,1-2H3,(H,21,22,26)/t13-,17-/m0/s1. The summed E-state index contributed by atoms with van der Waals surface area (Å²) in [5.74, 6) is 0.894. The molecule has 2 aromatic rings. The molecule has 0 bridgehead atoms. The summed E-state index contributed by atoms with van der Waals surface area (Å²) in [6, 6.07) is 3.55. The number of carbonyl (C=O) groups is 2. The molecule has 7 nitrogen and oxygen atoms in total. The Hall–Kier alpha value is -2.70. The molecule has 136 valence electrons. The van der Waals surface area contributed by atoms with Crippen molar-refractivity contribution in [3.8, 4) is 0 Å².